The van der Waals surface area contributed by atoms with Crippen LogP contribution in [0.1, 0.15) is 25.5 Å². The fourth-order valence-corrected chi connectivity index (χ4v) is 2.03. The number of halogens is 3. The molecule has 2 aromatic rings. The fraction of sp³-hybridized carbons (Fsp3) is 0.400. The predicted molar refractivity (Wildman–Crippen MR) is 81.6 cm³/mol. The van der Waals surface area contributed by atoms with Crippen LogP contribution in [0.2, 0.25) is 0 Å². The summed E-state index contributed by atoms with van der Waals surface area (Å²) in [5, 5.41) is 0.572. The Morgan fingerprint density at radius 2 is 2.14 bits per heavy atom. The number of oxazole rings is 1. The van der Waals surface area contributed by atoms with Gasteiger partial charge in [-0.2, -0.15) is 8.78 Å². The van der Waals surface area contributed by atoms with E-state index in [1.54, 1.807) is 12.1 Å². The van der Waals surface area contributed by atoms with Gasteiger partial charge in [0.1, 0.15) is 6.26 Å². The molecule has 22 heavy (non-hydrogen) atoms. The zero-order chi connectivity index (χ0) is 15.9. The smallest absolute Gasteiger partial charge is 0.387 e. The molecule has 0 N–H and O–H groups in total. The number of benzene rings is 1. The van der Waals surface area contributed by atoms with Crippen molar-refractivity contribution in [2.75, 3.05) is 6.61 Å². The molecule has 2 rings (SSSR count). The van der Waals surface area contributed by atoms with Crippen molar-refractivity contribution in [1.82, 2.24) is 4.98 Å². The standard InChI is InChI=1S/C15H16BrF2NO3/c1-2-3-6-20-13-7-10(4-5-12(13)22-15(17)18)14-19-11(8-16)9-21-14/h4-5,7,9,15H,2-3,6,8H2,1H3. The molecular formula is C15H16BrF2NO3. The molecule has 120 valence electrons. The minimum Gasteiger partial charge on any atom is -0.490 e. The molecular weight excluding hydrogens is 360 g/mol. The molecule has 4 nitrogen and oxygen atoms in total. The summed E-state index contributed by atoms with van der Waals surface area (Å²) < 4.78 is 40.3. The summed E-state index contributed by atoms with van der Waals surface area (Å²) in [5.74, 6) is 0.658. The molecule has 1 heterocycles. The zero-order valence-electron chi connectivity index (χ0n) is 12.0. The molecule has 0 aliphatic carbocycles. The normalized spacial score (nSPS) is 11.0. The van der Waals surface area contributed by atoms with Crippen molar-refractivity contribution in [3.05, 3.63) is 30.2 Å². The van der Waals surface area contributed by atoms with E-state index < -0.39 is 6.61 Å². The number of unbranched alkanes of at least 4 members (excludes halogenated alkanes) is 1. The van der Waals surface area contributed by atoms with Gasteiger partial charge in [-0.1, -0.05) is 29.3 Å². The van der Waals surface area contributed by atoms with E-state index in [-0.39, 0.29) is 11.5 Å². The Kier molecular flexibility index (Phi) is 6.18. The van der Waals surface area contributed by atoms with Gasteiger partial charge in [0.05, 0.1) is 12.3 Å². The van der Waals surface area contributed by atoms with E-state index in [0.29, 0.717) is 23.4 Å². The van der Waals surface area contributed by atoms with Crippen LogP contribution in [0.5, 0.6) is 11.5 Å². The number of ether oxygens (including phenoxy) is 2. The minimum atomic E-state index is -2.90. The number of nitrogens with zero attached hydrogens (tertiary/aromatic N) is 1. The topological polar surface area (TPSA) is 44.5 Å². The van der Waals surface area contributed by atoms with Crippen molar-refractivity contribution in [3.63, 3.8) is 0 Å². The average Bonchev–Trinajstić information content (AvgIpc) is 2.97. The van der Waals surface area contributed by atoms with Crippen molar-refractivity contribution in [3.8, 4) is 23.0 Å². The molecule has 0 saturated heterocycles. The number of hydrogen-bond donors (Lipinski definition) is 0. The fourth-order valence-electron chi connectivity index (χ4n) is 1.77. The highest BCUT2D eigenvalue weighted by Crippen LogP contribution is 2.33. The van der Waals surface area contributed by atoms with E-state index in [2.05, 4.69) is 25.7 Å². The van der Waals surface area contributed by atoms with Crippen molar-refractivity contribution < 1.29 is 22.7 Å². The molecule has 0 unspecified atom stereocenters. The van der Waals surface area contributed by atoms with Crippen LogP contribution in [-0.2, 0) is 5.33 Å². The first kappa shape index (κ1) is 16.7. The first-order valence-electron chi connectivity index (χ1n) is 6.86. The lowest BCUT2D eigenvalue weighted by molar-refractivity contribution is -0.0515. The molecule has 1 aromatic heterocycles. The van der Waals surface area contributed by atoms with Gasteiger partial charge in [-0.15, -0.1) is 0 Å². The zero-order valence-corrected chi connectivity index (χ0v) is 13.6. The predicted octanol–water partition coefficient (Wildman–Crippen LogP) is 5.02. The van der Waals surface area contributed by atoms with Crippen LogP contribution in [0.15, 0.2) is 28.9 Å². The first-order valence-corrected chi connectivity index (χ1v) is 7.98. The molecule has 0 radical (unpaired) electrons. The van der Waals surface area contributed by atoms with Crippen molar-refractivity contribution in [2.24, 2.45) is 0 Å². The largest absolute Gasteiger partial charge is 0.490 e. The molecule has 0 atom stereocenters. The second-order valence-electron chi connectivity index (χ2n) is 4.52. The van der Waals surface area contributed by atoms with Gasteiger partial charge in [0.2, 0.25) is 5.89 Å². The lowest BCUT2D eigenvalue weighted by atomic mass is 10.2. The summed E-state index contributed by atoms with van der Waals surface area (Å²) in [6.45, 7) is -0.455. The van der Waals surface area contributed by atoms with Gasteiger partial charge < -0.3 is 13.9 Å². The van der Waals surface area contributed by atoms with E-state index in [1.807, 2.05) is 6.92 Å². The highest BCUT2D eigenvalue weighted by molar-refractivity contribution is 9.08. The Morgan fingerprint density at radius 3 is 2.77 bits per heavy atom. The van der Waals surface area contributed by atoms with Gasteiger partial charge in [-0.25, -0.2) is 4.98 Å². The summed E-state index contributed by atoms with van der Waals surface area (Å²) >= 11 is 3.29. The van der Waals surface area contributed by atoms with Gasteiger partial charge in [0.15, 0.2) is 11.5 Å². The molecule has 1 aromatic carbocycles. The van der Waals surface area contributed by atoms with Gasteiger partial charge in [-0.05, 0) is 24.6 Å². The second kappa shape index (κ2) is 8.12. The maximum Gasteiger partial charge on any atom is 0.387 e. The van der Waals surface area contributed by atoms with E-state index >= 15 is 0 Å². The van der Waals surface area contributed by atoms with Crippen LogP contribution in [0, 0.1) is 0 Å². The monoisotopic (exact) mass is 375 g/mol. The summed E-state index contributed by atoms with van der Waals surface area (Å²) in [4.78, 5) is 4.27. The number of hydrogen-bond acceptors (Lipinski definition) is 4. The van der Waals surface area contributed by atoms with Crippen molar-refractivity contribution in [2.45, 2.75) is 31.7 Å². The van der Waals surface area contributed by atoms with Gasteiger partial charge in [-0.3, -0.25) is 0 Å². The van der Waals surface area contributed by atoms with Gasteiger partial charge in [0, 0.05) is 10.9 Å². The molecule has 0 bridgehead atoms. The molecule has 0 spiro atoms. The summed E-state index contributed by atoms with van der Waals surface area (Å²) in [5.41, 5.74) is 1.39. The number of aromatic nitrogens is 1. The molecule has 0 aliphatic heterocycles. The van der Waals surface area contributed by atoms with Crippen LogP contribution in [0.4, 0.5) is 8.78 Å². The maximum absolute atomic E-state index is 12.4. The summed E-state index contributed by atoms with van der Waals surface area (Å²) in [7, 11) is 0. The van der Waals surface area contributed by atoms with Gasteiger partial charge >= 0.3 is 6.61 Å². The maximum atomic E-state index is 12.4. The minimum absolute atomic E-state index is 0.00197. The third-order valence-corrected chi connectivity index (χ3v) is 3.43. The summed E-state index contributed by atoms with van der Waals surface area (Å²) in [6.07, 6.45) is 3.30. The third kappa shape index (κ3) is 4.43. The first-order chi connectivity index (χ1) is 10.6. The van der Waals surface area contributed by atoms with E-state index in [9.17, 15) is 8.78 Å². The Bertz CT molecular complexity index is 604. The van der Waals surface area contributed by atoms with Crippen LogP contribution in [0.3, 0.4) is 0 Å². The van der Waals surface area contributed by atoms with E-state index in [1.165, 1.54) is 12.3 Å². The molecule has 0 saturated carbocycles. The number of alkyl halides is 3. The van der Waals surface area contributed by atoms with Crippen LogP contribution < -0.4 is 9.47 Å². The van der Waals surface area contributed by atoms with Crippen LogP contribution in [0.25, 0.3) is 11.5 Å². The highest BCUT2D eigenvalue weighted by Gasteiger charge is 2.14. The van der Waals surface area contributed by atoms with Gasteiger partial charge in [0.25, 0.3) is 0 Å². The number of rotatable bonds is 8. The Morgan fingerprint density at radius 1 is 1.32 bits per heavy atom. The molecule has 0 amide bonds. The van der Waals surface area contributed by atoms with Crippen LogP contribution >= 0.6 is 15.9 Å². The Hall–Kier alpha value is -1.63. The Balaban J connectivity index is 2.26. The third-order valence-electron chi connectivity index (χ3n) is 2.85. The average molecular weight is 376 g/mol. The quantitative estimate of drug-likeness (QED) is 0.480. The molecule has 7 heteroatoms. The summed E-state index contributed by atoms with van der Waals surface area (Å²) in [6, 6.07) is 4.63. The van der Waals surface area contributed by atoms with Crippen molar-refractivity contribution in [1.29, 1.82) is 0 Å². The van der Waals surface area contributed by atoms with E-state index in [0.717, 1.165) is 18.5 Å². The molecule has 0 fully saturated rings. The lowest BCUT2D eigenvalue weighted by Gasteiger charge is -2.12. The van der Waals surface area contributed by atoms with E-state index in [4.69, 9.17) is 9.15 Å². The Labute approximate surface area is 135 Å². The van der Waals surface area contributed by atoms with Crippen molar-refractivity contribution >= 4 is 15.9 Å². The second-order valence-corrected chi connectivity index (χ2v) is 5.08. The van der Waals surface area contributed by atoms with Crippen LogP contribution in [-0.4, -0.2) is 18.2 Å². The SMILES string of the molecule is CCCCOc1cc(-c2nc(CBr)co2)ccc1OC(F)F. The highest BCUT2D eigenvalue weighted by atomic mass is 79.9. The molecule has 0 aliphatic rings. The lowest BCUT2D eigenvalue weighted by Crippen LogP contribution is -2.05.